The molecule has 0 amide bonds. The number of nitrogens with zero attached hydrogens (tertiary/aromatic N) is 2. The Labute approximate surface area is 218 Å². The summed E-state index contributed by atoms with van der Waals surface area (Å²) in [7, 11) is 0. The molecule has 0 aliphatic rings. The second kappa shape index (κ2) is 10.2. The lowest BCUT2D eigenvalue weighted by Crippen LogP contribution is -2.22. The van der Waals surface area contributed by atoms with Crippen LogP contribution in [-0.2, 0) is 12.8 Å². The van der Waals surface area contributed by atoms with E-state index in [1.54, 1.807) is 62.4 Å². The van der Waals surface area contributed by atoms with E-state index in [4.69, 9.17) is 0 Å². The third kappa shape index (κ3) is 4.71. The van der Waals surface area contributed by atoms with Crippen molar-refractivity contribution in [2.45, 2.75) is 26.7 Å². The minimum atomic E-state index is -0.400. The van der Waals surface area contributed by atoms with E-state index < -0.39 is 11.1 Å². The highest BCUT2D eigenvalue weighted by molar-refractivity contribution is 5.99. The van der Waals surface area contributed by atoms with Crippen LogP contribution in [-0.4, -0.2) is 31.1 Å². The molecule has 38 heavy (non-hydrogen) atoms. The van der Waals surface area contributed by atoms with Gasteiger partial charge < -0.3 is 0 Å². The van der Waals surface area contributed by atoms with Gasteiger partial charge in [-0.2, -0.15) is 0 Å². The summed E-state index contributed by atoms with van der Waals surface area (Å²) in [4.78, 5) is 52.2. The monoisotopic (exact) mass is 506 g/mol. The number of rotatable bonds is 8. The number of aromatic amines is 2. The van der Waals surface area contributed by atoms with Crippen molar-refractivity contribution in [3.8, 4) is 11.4 Å². The summed E-state index contributed by atoms with van der Waals surface area (Å²) in [6, 6.07) is 25.2. The third-order valence-electron chi connectivity index (χ3n) is 6.45. The minimum Gasteiger partial charge on any atom is -0.295 e. The first-order valence-corrected chi connectivity index (χ1v) is 12.2. The fourth-order valence-corrected chi connectivity index (χ4v) is 4.66. The van der Waals surface area contributed by atoms with Gasteiger partial charge in [-0.3, -0.25) is 29.4 Å². The molecule has 0 unspecified atom stereocenters. The predicted molar refractivity (Wildman–Crippen MR) is 145 cm³/mol. The van der Waals surface area contributed by atoms with E-state index in [0.717, 1.165) is 0 Å². The maximum absolute atomic E-state index is 13.1. The van der Waals surface area contributed by atoms with Gasteiger partial charge in [0.1, 0.15) is 11.1 Å². The number of ketones is 2. The summed E-state index contributed by atoms with van der Waals surface area (Å²) in [5.41, 5.74) is 3.06. The lowest BCUT2D eigenvalue weighted by atomic mass is 9.98. The van der Waals surface area contributed by atoms with Crippen molar-refractivity contribution in [3.63, 3.8) is 0 Å². The van der Waals surface area contributed by atoms with Crippen molar-refractivity contribution in [1.82, 2.24) is 19.6 Å². The summed E-state index contributed by atoms with van der Waals surface area (Å²) >= 11 is 0. The molecule has 0 saturated heterocycles. The van der Waals surface area contributed by atoms with Crippen LogP contribution in [0.1, 0.15) is 43.2 Å². The van der Waals surface area contributed by atoms with Gasteiger partial charge in [-0.1, -0.05) is 60.7 Å². The number of nitrogens with one attached hydrogen (secondary N) is 2. The largest absolute Gasteiger partial charge is 0.295 e. The number of para-hydroxylation sites is 2. The van der Waals surface area contributed by atoms with Crippen molar-refractivity contribution in [1.29, 1.82) is 0 Å². The van der Waals surface area contributed by atoms with E-state index in [2.05, 4.69) is 10.2 Å². The zero-order valence-electron chi connectivity index (χ0n) is 21.0. The van der Waals surface area contributed by atoms with Crippen molar-refractivity contribution in [2.75, 3.05) is 0 Å². The fourth-order valence-electron chi connectivity index (χ4n) is 4.66. The molecule has 2 N–H and O–H groups in total. The Morgan fingerprint density at radius 3 is 1.39 bits per heavy atom. The van der Waals surface area contributed by atoms with Crippen LogP contribution >= 0.6 is 0 Å². The number of carbonyl (C=O) groups excluding carboxylic acids is 2. The molecular formula is C30H26N4O4. The number of hydrogen-bond acceptors (Lipinski definition) is 4. The van der Waals surface area contributed by atoms with Crippen molar-refractivity contribution in [2.24, 2.45) is 0 Å². The third-order valence-corrected chi connectivity index (χ3v) is 6.45. The quantitative estimate of drug-likeness (QED) is 0.309. The predicted octanol–water partition coefficient (Wildman–Crippen LogP) is 4.11. The van der Waals surface area contributed by atoms with E-state index in [1.807, 2.05) is 36.4 Å². The Bertz CT molecular complexity index is 1630. The van der Waals surface area contributed by atoms with E-state index in [0.29, 0.717) is 33.9 Å². The van der Waals surface area contributed by atoms with Crippen LogP contribution in [0.25, 0.3) is 11.4 Å². The van der Waals surface area contributed by atoms with Gasteiger partial charge in [0.25, 0.3) is 11.1 Å². The van der Waals surface area contributed by atoms with Gasteiger partial charge in [-0.25, -0.2) is 9.36 Å². The fraction of sp³-hybridized carbons (Fsp3) is 0.133. The van der Waals surface area contributed by atoms with Crippen LogP contribution in [0.5, 0.6) is 0 Å². The highest BCUT2D eigenvalue weighted by Crippen LogP contribution is 2.15. The normalized spacial score (nSPS) is 11.0. The average molecular weight is 507 g/mol. The van der Waals surface area contributed by atoms with Gasteiger partial charge >= 0.3 is 0 Å². The molecule has 5 aromatic rings. The Balaban J connectivity index is 1.35. The topological polar surface area (TPSA) is 110 Å². The number of hydrogen-bond donors (Lipinski definition) is 2. The molecule has 0 bridgehead atoms. The first-order chi connectivity index (χ1) is 18.3. The van der Waals surface area contributed by atoms with E-state index >= 15 is 0 Å². The number of H-pyrrole nitrogens is 2. The molecule has 3 aromatic carbocycles. The molecule has 0 aliphatic carbocycles. The van der Waals surface area contributed by atoms with Crippen LogP contribution in [0.2, 0.25) is 0 Å². The van der Waals surface area contributed by atoms with Crippen LogP contribution in [0, 0.1) is 13.8 Å². The Kier molecular flexibility index (Phi) is 6.62. The zero-order valence-corrected chi connectivity index (χ0v) is 21.0. The molecule has 0 atom stereocenters. The number of carbonyl (C=O) groups is 2. The van der Waals surface area contributed by atoms with E-state index in [-0.39, 0.29) is 35.5 Å². The lowest BCUT2D eigenvalue weighted by Gasteiger charge is -2.05. The minimum absolute atomic E-state index is 0.00868. The molecule has 0 radical (unpaired) electrons. The lowest BCUT2D eigenvalue weighted by molar-refractivity contribution is 0.0984. The molecule has 0 spiro atoms. The van der Waals surface area contributed by atoms with Crippen molar-refractivity contribution >= 4 is 11.6 Å². The van der Waals surface area contributed by atoms with E-state index in [9.17, 15) is 19.2 Å². The zero-order chi connectivity index (χ0) is 26.8. The summed E-state index contributed by atoms with van der Waals surface area (Å²) < 4.78 is 2.72. The average Bonchev–Trinajstić information content (AvgIpc) is 3.39. The van der Waals surface area contributed by atoms with Gasteiger partial charge in [0.15, 0.2) is 11.6 Å². The molecule has 190 valence electrons. The smallest absolute Gasteiger partial charge is 0.282 e. The number of aryl methyl sites for hydroxylation is 2. The molecule has 0 fully saturated rings. The Hall–Kier alpha value is -4.98. The molecule has 2 heterocycles. The molecule has 2 aromatic heterocycles. The summed E-state index contributed by atoms with van der Waals surface area (Å²) in [6.07, 6.45) is 0.0174. The number of aromatic nitrogens is 4. The number of Topliss-reactive ketones (excluding diaryl/α,β-unsaturated/α-hetero) is 2. The van der Waals surface area contributed by atoms with Crippen LogP contribution in [0.3, 0.4) is 0 Å². The second-order valence-electron chi connectivity index (χ2n) is 9.20. The first kappa shape index (κ1) is 24.7. The molecular weight excluding hydrogens is 480 g/mol. The SMILES string of the molecule is Cc1[nH]n(-c2ccccc2)c(=O)c1C(=O)Cc1cccc(CC(=O)c2c(C)[nH]n(-c3ccccc3)c2=O)c1. The second-order valence-corrected chi connectivity index (χ2v) is 9.20. The highest BCUT2D eigenvalue weighted by atomic mass is 16.2. The van der Waals surface area contributed by atoms with Crippen LogP contribution < -0.4 is 11.1 Å². The summed E-state index contributed by atoms with van der Waals surface area (Å²) in [6.45, 7) is 3.40. The maximum Gasteiger partial charge on any atom is 0.282 e. The van der Waals surface area contributed by atoms with Gasteiger partial charge in [-0.05, 0) is 49.2 Å². The van der Waals surface area contributed by atoms with Gasteiger partial charge in [0.2, 0.25) is 0 Å². The Morgan fingerprint density at radius 2 is 1.00 bits per heavy atom. The van der Waals surface area contributed by atoms with Gasteiger partial charge in [0.05, 0.1) is 11.4 Å². The molecule has 8 nitrogen and oxygen atoms in total. The first-order valence-electron chi connectivity index (χ1n) is 12.2. The van der Waals surface area contributed by atoms with Gasteiger partial charge in [0, 0.05) is 24.2 Å². The van der Waals surface area contributed by atoms with Crippen LogP contribution in [0.4, 0.5) is 0 Å². The number of benzene rings is 3. The van der Waals surface area contributed by atoms with Crippen LogP contribution in [0.15, 0.2) is 94.5 Å². The summed E-state index contributed by atoms with van der Waals surface area (Å²) in [5, 5.41) is 5.96. The van der Waals surface area contributed by atoms with E-state index in [1.165, 1.54) is 9.36 Å². The standard InChI is InChI=1S/C30H26N4O4/c1-19-27(29(37)33(31-19)23-12-5-3-6-13-23)25(35)17-21-10-9-11-22(16-21)18-26(36)28-20(2)32-34(30(28)38)24-14-7-4-8-15-24/h3-16,31-32H,17-18H2,1-2H3. The maximum atomic E-state index is 13.1. The molecule has 0 saturated carbocycles. The van der Waals surface area contributed by atoms with Crippen molar-refractivity contribution in [3.05, 3.63) is 139 Å². The molecule has 0 aliphatic heterocycles. The van der Waals surface area contributed by atoms with Crippen molar-refractivity contribution < 1.29 is 9.59 Å². The molecule has 8 heteroatoms. The highest BCUT2D eigenvalue weighted by Gasteiger charge is 2.22. The summed E-state index contributed by atoms with van der Waals surface area (Å²) in [5.74, 6) is -0.622. The Morgan fingerprint density at radius 1 is 0.605 bits per heavy atom. The molecule has 5 rings (SSSR count). The van der Waals surface area contributed by atoms with Gasteiger partial charge in [-0.15, -0.1) is 0 Å².